The van der Waals surface area contributed by atoms with Crippen molar-refractivity contribution in [3.8, 4) is 11.5 Å². The molecule has 0 saturated carbocycles. The molecular weight excluding hydrogens is 386 g/mol. The summed E-state index contributed by atoms with van der Waals surface area (Å²) in [4.78, 5) is 19.3. The van der Waals surface area contributed by atoms with Crippen molar-refractivity contribution >= 4 is 29.3 Å². The molecule has 2 aromatic rings. The van der Waals surface area contributed by atoms with Crippen LogP contribution in [-0.2, 0) is 17.6 Å². The number of benzene rings is 1. The summed E-state index contributed by atoms with van der Waals surface area (Å²) in [5.74, 6) is 0.889. The first kappa shape index (κ1) is 21.5. The molecule has 9 nitrogen and oxygen atoms in total. The zero-order chi connectivity index (χ0) is 20.5. The minimum absolute atomic E-state index is 0.119. The number of nitrogens with one attached hydrogen (secondary N) is 1. The molecular formula is C18H24ClN5O4. The van der Waals surface area contributed by atoms with Gasteiger partial charge in [-0.15, -0.1) is 0 Å². The lowest BCUT2D eigenvalue weighted by atomic mass is 10.1. The molecule has 1 amide bonds. The summed E-state index contributed by atoms with van der Waals surface area (Å²) in [5.41, 5.74) is 14.5. The number of aryl methyl sites for hydroxylation is 2. The summed E-state index contributed by atoms with van der Waals surface area (Å²) in [7, 11) is 0. The first-order chi connectivity index (χ1) is 13.4. The number of anilines is 2. The largest absolute Gasteiger partial charge is 0.493 e. The zero-order valence-corrected chi connectivity index (χ0v) is 16.3. The van der Waals surface area contributed by atoms with Gasteiger partial charge in [0, 0.05) is 17.9 Å². The van der Waals surface area contributed by atoms with E-state index in [1.807, 2.05) is 6.92 Å². The zero-order valence-electron chi connectivity index (χ0n) is 15.6. The lowest BCUT2D eigenvalue weighted by Crippen LogP contribution is -2.19. The Hall–Kier alpha value is -2.78. The molecule has 0 fully saturated rings. The minimum atomic E-state index is -0.468. The Kier molecular flexibility index (Phi) is 8.09. The molecule has 0 aliphatic carbocycles. The predicted octanol–water partition coefficient (Wildman–Crippen LogP) is 2.14. The number of nitrogens with two attached hydrogens (primary N) is 2. The number of aromatic nitrogens is 2. The molecule has 28 heavy (non-hydrogen) atoms. The van der Waals surface area contributed by atoms with Crippen molar-refractivity contribution in [2.75, 3.05) is 24.7 Å². The summed E-state index contributed by atoms with van der Waals surface area (Å²) < 4.78 is 11.5. The van der Waals surface area contributed by atoms with Crippen LogP contribution in [0.4, 0.5) is 11.8 Å². The number of carbonyl (C=O) groups excluding carboxylic acids is 1. The van der Waals surface area contributed by atoms with Crippen molar-refractivity contribution < 1.29 is 19.5 Å². The number of hydrogen-bond donors (Lipinski definition) is 4. The van der Waals surface area contributed by atoms with Crippen LogP contribution in [0.2, 0.25) is 5.02 Å². The highest BCUT2D eigenvalue weighted by molar-refractivity contribution is 6.30. The SMILES string of the molecule is CCc1nc(N)nc(N)c1OCCCOc1cc(Cl)ccc1CCC(=O)NO. The normalized spacial score (nSPS) is 10.5. The number of ether oxygens (including phenoxy) is 2. The molecule has 1 aromatic heterocycles. The molecule has 0 unspecified atom stereocenters. The van der Waals surface area contributed by atoms with Gasteiger partial charge in [0.15, 0.2) is 11.6 Å². The fraction of sp³-hybridized carbons (Fsp3) is 0.389. The number of nitrogen functional groups attached to an aromatic ring is 2. The van der Waals surface area contributed by atoms with E-state index in [1.54, 1.807) is 23.7 Å². The minimum Gasteiger partial charge on any atom is -0.493 e. The van der Waals surface area contributed by atoms with Crippen LogP contribution >= 0.6 is 11.6 Å². The summed E-state index contributed by atoms with van der Waals surface area (Å²) in [5, 5.41) is 9.13. The average Bonchev–Trinajstić information content (AvgIpc) is 2.67. The Labute approximate surface area is 168 Å². The van der Waals surface area contributed by atoms with Crippen molar-refractivity contribution in [2.45, 2.75) is 32.6 Å². The number of hydroxylamine groups is 1. The van der Waals surface area contributed by atoms with Crippen LogP contribution in [0, 0.1) is 0 Å². The Morgan fingerprint density at radius 1 is 1.25 bits per heavy atom. The third-order valence-electron chi connectivity index (χ3n) is 3.88. The van der Waals surface area contributed by atoms with Crippen LogP contribution in [0.25, 0.3) is 0 Å². The quantitative estimate of drug-likeness (QED) is 0.265. The van der Waals surface area contributed by atoms with E-state index in [-0.39, 0.29) is 18.2 Å². The van der Waals surface area contributed by atoms with E-state index < -0.39 is 5.91 Å². The summed E-state index contributed by atoms with van der Waals surface area (Å²) >= 11 is 6.03. The number of carbonyl (C=O) groups is 1. The summed E-state index contributed by atoms with van der Waals surface area (Å²) in [6.07, 6.45) is 1.74. The van der Waals surface area contributed by atoms with E-state index in [9.17, 15) is 4.79 Å². The van der Waals surface area contributed by atoms with Crippen molar-refractivity contribution in [3.63, 3.8) is 0 Å². The van der Waals surface area contributed by atoms with Gasteiger partial charge in [-0.25, -0.2) is 10.5 Å². The molecule has 0 radical (unpaired) electrons. The first-order valence-corrected chi connectivity index (χ1v) is 9.21. The number of hydrogen-bond acceptors (Lipinski definition) is 8. The predicted molar refractivity (Wildman–Crippen MR) is 106 cm³/mol. The molecule has 2 rings (SSSR count). The van der Waals surface area contributed by atoms with Gasteiger partial charge in [-0.05, 0) is 30.5 Å². The highest BCUT2D eigenvalue weighted by Gasteiger charge is 2.12. The molecule has 0 saturated heterocycles. The van der Waals surface area contributed by atoms with Crippen LogP contribution < -0.4 is 26.4 Å². The van der Waals surface area contributed by atoms with Gasteiger partial charge in [0.2, 0.25) is 11.9 Å². The number of amides is 1. The molecule has 1 aromatic carbocycles. The lowest BCUT2D eigenvalue weighted by Gasteiger charge is -2.14. The van der Waals surface area contributed by atoms with Gasteiger partial charge in [0.05, 0.1) is 18.9 Å². The van der Waals surface area contributed by atoms with Gasteiger partial charge < -0.3 is 20.9 Å². The van der Waals surface area contributed by atoms with Gasteiger partial charge in [-0.2, -0.15) is 4.98 Å². The van der Waals surface area contributed by atoms with E-state index in [0.717, 1.165) is 5.56 Å². The maximum Gasteiger partial charge on any atom is 0.243 e. The van der Waals surface area contributed by atoms with E-state index in [1.165, 1.54) is 0 Å². The topological polar surface area (TPSA) is 146 Å². The van der Waals surface area contributed by atoms with Crippen molar-refractivity contribution in [2.24, 2.45) is 0 Å². The third-order valence-corrected chi connectivity index (χ3v) is 4.12. The van der Waals surface area contributed by atoms with Crippen LogP contribution in [0.5, 0.6) is 11.5 Å². The Morgan fingerprint density at radius 3 is 2.71 bits per heavy atom. The number of rotatable bonds is 10. The van der Waals surface area contributed by atoms with E-state index in [0.29, 0.717) is 54.7 Å². The average molecular weight is 410 g/mol. The molecule has 0 aliphatic heterocycles. The van der Waals surface area contributed by atoms with E-state index in [2.05, 4.69) is 9.97 Å². The van der Waals surface area contributed by atoms with Crippen LogP contribution in [0.3, 0.4) is 0 Å². The molecule has 10 heteroatoms. The number of halogens is 1. The van der Waals surface area contributed by atoms with Crippen LogP contribution in [0.15, 0.2) is 18.2 Å². The summed E-state index contributed by atoms with van der Waals surface area (Å²) in [6.45, 7) is 2.65. The standard InChI is InChI=1S/C18H24ClN5O4/c1-2-13-16(17(20)23-18(21)22-13)28-9-3-8-27-14-10-12(19)6-4-11(14)5-7-15(25)24-26/h4,6,10,26H,2-3,5,7-9H2,1H3,(H,24,25)(H4,20,21,22,23). The second kappa shape index (κ2) is 10.5. The van der Waals surface area contributed by atoms with Crippen molar-refractivity contribution in [1.82, 2.24) is 15.4 Å². The van der Waals surface area contributed by atoms with Gasteiger partial charge in [0.25, 0.3) is 0 Å². The second-order valence-electron chi connectivity index (χ2n) is 5.93. The molecule has 1 heterocycles. The lowest BCUT2D eigenvalue weighted by molar-refractivity contribution is -0.129. The van der Waals surface area contributed by atoms with Crippen LogP contribution in [0.1, 0.15) is 31.0 Å². The maximum absolute atomic E-state index is 11.2. The van der Waals surface area contributed by atoms with Crippen molar-refractivity contribution in [1.29, 1.82) is 0 Å². The van der Waals surface area contributed by atoms with Crippen molar-refractivity contribution in [3.05, 3.63) is 34.5 Å². The molecule has 152 valence electrons. The maximum atomic E-state index is 11.2. The monoisotopic (exact) mass is 409 g/mol. The molecule has 0 spiro atoms. The highest BCUT2D eigenvalue weighted by Crippen LogP contribution is 2.26. The van der Waals surface area contributed by atoms with Gasteiger partial charge >= 0.3 is 0 Å². The van der Waals surface area contributed by atoms with Crippen LogP contribution in [-0.4, -0.2) is 34.3 Å². The van der Waals surface area contributed by atoms with Gasteiger partial charge in [-0.3, -0.25) is 10.0 Å². The van der Waals surface area contributed by atoms with E-state index in [4.69, 9.17) is 37.7 Å². The Balaban J connectivity index is 1.89. The second-order valence-corrected chi connectivity index (χ2v) is 6.37. The van der Waals surface area contributed by atoms with Gasteiger partial charge in [-0.1, -0.05) is 24.6 Å². The smallest absolute Gasteiger partial charge is 0.243 e. The Bertz CT molecular complexity index is 819. The molecule has 0 bridgehead atoms. The fourth-order valence-electron chi connectivity index (χ4n) is 2.52. The van der Waals surface area contributed by atoms with E-state index >= 15 is 0 Å². The summed E-state index contributed by atoms with van der Waals surface area (Å²) in [6, 6.07) is 5.20. The molecule has 0 aliphatic rings. The van der Waals surface area contributed by atoms with Gasteiger partial charge in [0.1, 0.15) is 5.75 Å². The Morgan fingerprint density at radius 2 is 2.00 bits per heavy atom. The molecule has 6 N–H and O–H groups in total. The molecule has 0 atom stereocenters. The first-order valence-electron chi connectivity index (χ1n) is 8.83. The fourth-order valence-corrected chi connectivity index (χ4v) is 2.68. The number of nitrogens with zero attached hydrogens (tertiary/aromatic N) is 2. The third kappa shape index (κ3) is 6.14. The highest BCUT2D eigenvalue weighted by atomic mass is 35.5.